The van der Waals surface area contributed by atoms with Crippen molar-refractivity contribution < 1.29 is 9.18 Å². The first kappa shape index (κ1) is 16.8. The molecule has 5 rings (SSSR count). The lowest BCUT2D eigenvalue weighted by molar-refractivity contribution is -0.131. The number of carbonyl (C=O) groups excluding carboxylic acids is 1. The zero-order chi connectivity index (χ0) is 18.8. The maximum absolute atomic E-state index is 14.2. The molecule has 5 heteroatoms. The number of carbonyl (C=O) groups is 1. The minimum atomic E-state index is -0.622. The van der Waals surface area contributed by atoms with Gasteiger partial charge in [-0.15, -0.1) is 0 Å². The smallest absolute Gasteiger partial charge is 0.233 e. The summed E-state index contributed by atoms with van der Waals surface area (Å²) in [6, 6.07) is 8.90. The average molecular weight is 365 g/mol. The first-order chi connectivity index (χ1) is 12.9. The third-order valence-electron chi connectivity index (χ3n) is 7.36. The molecule has 3 aliphatic carbocycles. The van der Waals surface area contributed by atoms with Gasteiger partial charge in [0.25, 0.3) is 0 Å². The zero-order valence-electron chi connectivity index (χ0n) is 15.8. The van der Waals surface area contributed by atoms with E-state index in [0.717, 1.165) is 36.9 Å². The average Bonchev–Trinajstić information content (AvgIpc) is 3.00. The van der Waals surface area contributed by atoms with E-state index in [1.165, 1.54) is 12.5 Å². The van der Waals surface area contributed by atoms with Crippen molar-refractivity contribution in [3.8, 4) is 11.3 Å². The summed E-state index contributed by atoms with van der Waals surface area (Å²) in [5.41, 5.74) is 2.05. The van der Waals surface area contributed by atoms with Crippen LogP contribution in [0.25, 0.3) is 11.3 Å². The van der Waals surface area contributed by atoms with Crippen LogP contribution in [0.1, 0.15) is 63.1 Å². The lowest BCUT2D eigenvalue weighted by atomic mass is 9.67. The number of hydrogen-bond acceptors (Lipinski definition) is 3. The molecule has 2 saturated carbocycles. The molecule has 2 bridgehead atoms. The van der Waals surface area contributed by atoms with E-state index in [-0.39, 0.29) is 23.1 Å². The van der Waals surface area contributed by atoms with Crippen molar-refractivity contribution in [1.82, 2.24) is 15.5 Å². The fourth-order valence-corrected chi connectivity index (χ4v) is 5.49. The Morgan fingerprint density at radius 1 is 1.19 bits per heavy atom. The van der Waals surface area contributed by atoms with Crippen molar-refractivity contribution in [1.29, 1.82) is 0 Å². The van der Waals surface area contributed by atoms with Crippen LogP contribution in [0.5, 0.6) is 0 Å². The summed E-state index contributed by atoms with van der Waals surface area (Å²) in [5, 5.41) is 12.1. The molecule has 2 atom stereocenters. The molecular weight excluding hydrogens is 341 g/mol. The first-order valence-corrected chi connectivity index (χ1v) is 9.89. The molecule has 140 valence electrons. The van der Waals surface area contributed by atoms with Crippen molar-refractivity contribution in [2.24, 2.45) is 5.41 Å². The molecular formula is C22H24FN3O. The summed E-state index contributed by atoms with van der Waals surface area (Å²) < 4.78 is 14.2. The number of fused-ring (bicyclic) bond motifs is 5. The van der Waals surface area contributed by atoms with E-state index in [9.17, 15) is 9.18 Å². The second-order valence-corrected chi connectivity index (χ2v) is 8.83. The van der Waals surface area contributed by atoms with Crippen molar-refractivity contribution in [2.75, 3.05) is 0 Å². The number of nitrogens with zero attached hydrogens (tertiary/aromatic N) is 2. The van der Waals surface area contributed by atoms with Crippen LogP contribution in [-0.4, -0.2) is 22.1 Å². The summed E-state index contributed by atoms with van der Waals surface area (Å²) in [5.74, 6) is 0.0543. The van der Waals surface area contributed by atoms with Gasteiger partial charge >= 0.3 is 0 Å². The monoisotopic (exact) mass is 365 g/mol. The van der Waals surface area contributed by atoms with Crippen LogP contribution in [0.15, 0.2) is 30.3 Å². The third-order valence-corrected chi connectivity index (χ3v) is 7.36. The maximum atomic E-state index is 14.2. The van der Waals surface area contributed by atoms with E-state index in [1.807, 2.05) is 6.07 Å². The van der Waals surface area contributed by atoms with Gasteiger partial charge < -0.3 is 5.32 Å². The van der Waals surface area contributed by atoms with E-state index in [0.29, 0.717) is 17.3 Å². The summed E-state index contributed by atoms with van der Waals surface area (Å²) in [6.07, 6.45) is 5.09. The molecule has 1 amide bonds. The number of aromatic nitrogens is 2. The quantitative estimate of drug-likeness (QED) is 0.891. The van der Waals surface area contributed by atoms with Gasteiger partial charge in [-0.2, -0.15) is 10.2 Å². The molecule has 0 unspecified atom stereocenters. The summed E-state index contributed by atoms with van der Waals surface area (Å²) in [7, 11) is 0. The molecule has 0 saturated heterocycles. The maximum Gasteiger partial charge on any atom is 0.233 e. The van der Waals surface area contributed by atoms with Crippen LogP contribution < -0.4 is 5.32 Å². The molecule has 0 spiro atoms. The Morgan fingerprint density at radius 2 is 1.96 bits per heavy atom. The summed E-state index contributed by atoms with van der Waals surface area (Å²) >= 11 is 0. The number of benzene rings is 1. The first-order valence-electron chi connectivity index (χ1n) is 9.89. The zero-order valence-corrected chi connectivity index (χ0v) is 15.8. The molecule has 1 aromatic carbocycles. The number of hydrogen-bond donors (Lipinski definition) is 1. The largest absolute Gasteiger partial charge is 0.353 e. The molecule has 1 heterocycles. The van der Waals surface area contributed by atoms with Crippen LogP contribution in [0.3, 0.4) is 0 Å². The van der Waals surface area contributed by atoms with Crippen LogP contribution >= 0.6 is 0 Å². The minimum Gasteiger partial charge on any atom is -0.353 e. The highest BCUT2D eigenvalue weighted by molar-refractivity contribution is 5.92. The molecule has 1 aromatic heterocycles. The van der Waals surface area contributed by atoms with E-state index in [1.54, 1.807) is 18.2 Å². The van der Waals surface area contributed by atoms with Crippen LogP contribution in [0.4, 0.5) is 4.39 Å². The van der Waals surface area contributed by atoms with Crippen LogP contribution in [0, 0.1) is 11.2 Å². The lowest BCUT2D eigenvalue weighted by Crippen LogP contribution is -2.53. The van der Waals surface area contributed by atoms with Crippen LogP contribution in [0.2, 0.25) is 0 Å². The SMILES string of the molecule is CC1(C)[C@@H]2CC[C@@]1(C(=O)NC1CCC1)c1nnc(-c3ccccc3F)cc12. The minimum absolute atomic E-state index is 0.103. The Labute approximate surface area is 158 Å². The third kappa shape index (κ3) is 2.11. The fraction of sp³-hybridized carbons (Fsp3) is 0.500. The highest BCUT2D eigenvalue weighted by atomic mass is 19.1. The number of nitrogens with one attached hydrogen (secondary N) is 1. The lowest BCUT2D eigenvalue weighted by Gasteiger charge is -2.39. The Bertz CT molecular complexity index is 937. The number of rotatable bonds is 3. The molecule has 2 fully saturated rings. The summed E-state index contributed by atoms with van der Waals surface area (Å²) in [6.45, 7) is 4.35. The van der Waals surface area contributed by atoms with Gasteiger partial charge in [-0.05, 0) is 67.2 Å². The van der Waals surface area contributed by atoms with Gasteiger partial charge in [0.2, 0.25) is 5.91 Å². The molecule has 27 heavy (non-hydrogen) atoms. The Balaban J connectivity index is 1.60. The van der Waals surface area contributed by atoms with Crippen molar-refractivity contribution in [2.45, 2.75) is 63.3 Å². The van der Waals surface area contributed by atoms with Gasteiger partial charge in [-0.25, -0.2) is 4.39 Å². The Morgan fingerprint density at radius 3 is 2.67 bits per heavy atom. The topological polar surface area (TPSA) is 54.9 Å². The normalized spacial score (nSPS) is 27.9. The highest BCUT2D eigenvalue weighted by Crippen LogP contribution is 2.67. The van der Waals surface area contributed by atoms with E-state index in [4.69, 9.17) is 0 Å². The molecule has 0 aliphatic heterocycles. The molecule has 4 nitrogen and oxygen atoms in total. The van der Waals surface area contributed by atoms with Crippen molar-refractivity contribution in [3.05, 3.63) is 47.4 Å². The molecule has 2 aromatic rings. The van der Waals surface area contributed by atoms with Gasteiger partial charge in [0.15, 0.2) is 0 Å². The predicted octanol–water partition coefficient (Wildman–Crippen LogP) is 4.11. The van der Waals surface area contributed by atoms with Gasteiger partial charge in [0.1, 0.15) is 5.82 Å². The number of amides is 1. The van der Waals surface area contributed by atoms with Crippen LogP contribution in [-0.2, 0) is 10.2 Å². The van der Waals surface area contributed by atoms with E-state index < -0.39 is 5.41 Å². The van der Waals surface area contributed by atoms with Crippen molar-refractivity contribution in [3.63, 3.8) is 0 Å². The van der Waals surface area contributed by atoms with E-state index >= 15 is 0 Å². The molecule has 3 aliphatic rings. The Hall–Kier alpha value is -2.30. The second kappa shape index (κ2) is 5.60. The standard InChI is InChI=1S/C22H24FN3O/c1-21(2)16-10-11-22(21,20(27)24-13-6-5-7-13)19-15(16)12-18(25-26-19)14-8-3-4-9-17(14)23/h3-4,8-9,12-13,16H,5-7,10-11H2,1-2H3,(H,24,27)/t16-,22+/m1/s1. The second-order valence-electron chi connectivity index (χ2n) is 8.83. The van der Waals surface area contributed by atoms with Crippen molar-refractivity contribution >= 4 is 5.91 Å². The van der Waals surface area contributed by atoms with Gasteiger partial charge in [-0.3, -0.25) is 4.79 Å². The highest BCUT2D eigenvalue weighted by Gasteiger charge is 2.67. The Kier molecular flexibility index (Phi) is 3.49. The van der Waals surface area contributed by atoms with Gasteiger partial charge in [-0.1, -0.05) is 26.0 Å². The van der Waals surface area contributed by atoms with Gasteiger partial charge in [0, 0.05) is 11.6 Å². The predicted molar refractivity (Wildman–Crippen MR) is 101 cm³/mol. The number of halogens is 1. The fourth-order valence-electron chi connectivity index (χ4n) is 5.49. The summed E-state index contributed by atoms with van der Waals surface area (Å²) in [4.78, 5) is 13.4. The molecule has 1 N–H and O–H groups in total. The molecule has 0 radical (unpaired) electrons. The van der Waals surface area contributed by atoms with Gasteiger partial charge in [0.05, 0.1) is 16.8 Å². The van der Waals surface area contributed by atoms with E-state index in [2.05, 4.69) is 29.4 Å².